The molecule has 0 aromatic carbocycles. The van der Waals surface area contributed by atoms with E-state index in [2.05, 4.69) is 20.5 Å². The highest BCUT2D eigenvalue weighted by Gasteiger charge is 2.25. The molecule has 6 nitrogen and oxygen atoms in total. The lowest BCUT2D eigenvalue weighted by Crippen LogP contribution is -2.21. The molecule has 1 aromatic rings. The summed E-state index contributed by atoms with van der Waals surface area (Å²) in [6, 6.07) is 3.69. The average molecular weight is 258 g/mol. The Balaban J connectivity index is 2.55. The minimum absolute atomic E-state index is 0.476. The van der Waals surface area contributed by atoms with Crippen LogP contribution >= 0.6 is 0 Å². The predicted octanol–water partition coefficient (Wildman–Crippen LogP) is 0.835. The summed E-state index contributed by atoms with van der Waals surface area (Å²) in [6.07, 6.45) is 1.68. The minimum atomic E-state index is 0.476. The van der Waals surface area contributed by atoms with Gasteiger partial charge in [-0.25, -0.2) is 4.98 Å². The van der Waals surface area contributed by atoms with Crippen LogP contribution in [0.15, 0.2) is 39.7 Å². The van der Waals surface area contributed by atoms with E-state index in [0.717, 1.165) is 28.4 Å². The molecule has 6 heteroatoms. The van der Waals surface area contributed by atoms with Crippen LogP contribution in [0.25, 0.3) is 0 Å². The van der Waals surface area contributed by atoms with Crippen molar-refractivity contribution in [1.82, 2.24) is 15.3 Å². The molecule has 3 N–H and O–H groups in total. The van der Waals surface area contributed by atoms with Gasteiger partial charge in [0.05, 0.1) is 5.57 Å². The predicted molar refractivity (Wildman–Crippen MR) is 78.1 cm³/mol. The fourth-order valence-electron chi connectivity index (χ4n) is 1.87. The first-order chi connectivity index (χ1) is 9.04. The number of rotatable bonds is 2. The third-order valence-corrected chi connectivity index (χ3v) is 3.06. The highest BCUT2D eigenvalue weighted by molar-refractivity contribution is 6.32. The van der Waals surface area contributed by atoms with Crippen LogP contribution in [0.4, 0.5) is 5.82 Å². The van der Waals surface area contributed by atoms with Gasteiger partial charge in [-0.05, 0) is 19.1 Å². The Morgan fingerprint density at radius 2 is 2.16 bits per heavy atom. The number of nitrogens with one attached hydrogen (secondary N) is 1. The molecule has 0 radical (unpaired) electrons. The van der Waals surface area contributed by atoms with E-state index >= 15 is 0 Å². The zero-order chi connectivity index (χ0) is 14.0. The van der Waals surface area contributed by atoms with Crippen LogP contribution in [0.3, 0.4) is 0 Å². The molecular weight excluding hydrogens is 240 g/mol. The topological polar surface area (TPSA) is 78.9 Å². The van der Waals surface area contributed by atoms with Gasteiger partial charge in [0.2, 0.25) is 0 Å². The number of nitrogens with zero attached hydrogens (tertiary/aromatic N) is 4. The zero-order valence-corrected chi connectivity index (χ0v) is 11.6. The minimum Gasteiger partial charge on any atom is -0.384 e. The lowest BCUT2D eigenvalue weighted by molar-refractivity contribution is 0.512. The molecule has 1 aromatic heterocycles. The van der Waals surface area contributed by atoms with Crippen LogP contribution in [0.5, 0.6) is 0 Å². The average Bonchev–Trinajstić information content (AvgIpc) is 2.81. The van der Waals surface area contributed by atoms with Crippen molar-refractivity contribution < 1.29 is 0 Å². The summed E-state index contributed by atoms with van der Waals surface area (Å²) in [6.45, 7) is 2.04. The number of anilines is 1. The van der Waals surface area contributed by atoms with Crippen LogP contribution in [0, 0.1) is 0 Å². The molecule has 0 atom stereocenters. The third kappa shape index (κ3) is 2.42. The van der Waals surface area contributed by atoms with Crippen LogP contribution in [0.1, 0.15) is 12.5 Å². The van der Waals surface area contributed by atoms with Gasteiger partial charge >= 0.3 is 0 Å². The van der Waals surface area contributed by atoms with Crippen molar-refractivity contribution in [3.63, 3.8) is 0 Å². The fourth-order valence-corrected chi connectivity index (χ4v) is 1.87. The van der Waals surface area contributed by atoms with E-state index in [-0.39, 0.29) is 0 Å². The summed E-state index contributed by atoms with van der Waals surface area (Å²) in [5.74, 6) is 1.24. The summed E-state index contributed by atoms with van der Waals surface area (Å²) >= 11 is 0. The number of aromatic nitrogens is 1. The van der Waals surface area contributed by atoms with Gasteiger partial charge in [0.25, 0.3) is 0 Å². The molecule has 0 amide bonds. The van der Waals surface area contributed by atoms with Crippen LogP contribution in [0.2, 0.25) is 0 Å². The van der Waals surface area contributed by atoms with Gasteiger partial charge < -0.3 is 10.6 Å². The van der Waals surface area contributed by atoms with Crippen LogP contribution < -0.4 is 11.2 Å². The molecule has 0 bridgehead atoms. The largest absolute Gasteiger partial charge is 0.384 e. The molecule has 0 saturated carbocycles. The molecule has 0 saturated heterocycles. The van der Waals surface area contributed by atoms with Gasteiger partial charge in [-0.3, -0.25) is 10.4 Å². The Morgan fingerprint density at radius 1 is 1.42 bits per heavy atom. The van der Waals surface area contributed by atoms with Crippen LogP contribution in [-0.4, -0.2) is 42.6 Å². The van der Waals surface area contributed by atoms with Crippen molar-refractivity contribution in [1.29, 1.82) is 0 Å². The fraction of sp³-hybridized carbons (Fsp3) is 0.308. The Hall–Kier alpha value is -2.37. The number of nitrogens with two attached hydrogens (primary N) is 1. The van der Waals surface area contributed by atoms with Crippen molar-refractivity contribution in [3.05, 3.63) is 35.2 Å². The third-order valence-electron chi connectivity index (χ3n) is 3.06. The second-order valence-corrected chi connectivity index (χ2v) is 4.47. The molecule has 2 heterocycles. The quantitative estimate of drug-likeness (QED) is 0.823. The second kappa shape index (κ2) is 5.09. The molecule has 19 heavy (non-hydrogen) atoms. The Labute approximate surface area is 112 Å². The molecule has 0 spiro atoms. The zero-order valence-electron chi connectivity index (χ0n) is 11.6. The molecule has 0 fully saturated rings. The summed E-state index contributed by atoms with van der Waals surface area (Å²) < 4.78 is 0. The van der Waals surface area contributed by atoms with Crippen molar-refractivity contribution in [3.8, 4) is 0 Å². The van der Waals surface area contributed by atoms with Gasteiger partial charge in [-0.1, -0.05) is 0 Å². The van der Waals surface area contributed by atoms with Crippen LogP contribution in [-0.2, 0) is 0 Å². The summed E-state index contributed by atoms with van der Waals surface area (Å²) in [5, 5.41) is 4.35. The summed E-state index contributed by atoms with van der Waals surface area (Å²) in [7, 11) is 5.73. The normalized spacial score (nSPS) is 19.2. The first-order valence-electron chi connectivity index (χ1n) is 5.96. The van der Waals surface area contributed by atoms with E-state index in [1.807, 2.05) is 38.1 Å². The van der Waals surface area contributed by atoms with E-state index in [9.17, 15) is 0 Å². The number of amidine groups is 1. The second-order valence-electron chi connectivity index (χ2n) is 4.47. The van der Waals surface area contributed by atoms with E-state index < -0.39 is 0 Å². The Morgan fingerprint density at radius 3 is 2.74 bits per heavy atom. The number of pyridine rings is 1. The van der Waals surface area contributed by atoms with E-state index in [0.29, 0.717) is 5.82 Å². The number of hydrogen-bond acceptors (Lipinski definition) is 5. The van der Waals surface area contributed by atoms with Gasteiger partial charge in [-0.15, -0.1) is 0 Å². The first-order valence-corrected chi connectivity index (χ1v) is 5.96. The number of hydrazone groups is 1. The smallest absolute Gasteiger partial charge is 0.152 e. The molecule has 0 aliphatic carbocycles. The molecular formula is C13H18N6. The molecule has 2 rings (SSSR count). The SMILES string of the molecule is CN=C1NN=C(c2ccnc(N)c2)/C1=C(/C)N(C)C. The van der Waals surface area contributed by atoms with Gasteiger partial charge in [0, 0.05) is 38.6 Å². The molecule has 1 aliphatic rings. The number of aliphatic imine (C=N–C) groups is 1. The number of hydrogen-bond donors (Lipinski definition) is 2. The monoisotopic (exact) mass is 258 g/mol. The Kier molecular flexibility index (Phi) is 3.50. The van der Waals surface area contributed by atoms with Gasteiger partial charge in [-0.2, -0.15) is 5.10 Å². The van der Waals surface area contributed by atoms with Crippen molar-refractivity contribution in [2.75, 3.05) is 26.9 Å². The van der Waals surface area contributed by atoms with Gasteiger partial charge in [0.15, 0.2) is 5.84 Å². The lowest BCUT2D eigenvalue weighted by atomic mass is 10.0. The molecule has 100 valence electrons. The summed E-state index contributed by atoms with van der Waals surface area (Å²) in [5.41, 5.74) is 12.5. The molecule has 1 aliphatic heterocycles. The van der Waals surface area contributed by atoms with Crippen molar-refractivity contribution in [2.24, 2.45) is 10.1 Å². The van der Waals surface area contributed by atoms with E-state index in [1.54, 1.807) is 13.2 Å². The maximum absolute atomic E-state index is 5.73. The van der Waals surface area contributed by atoms with Crippen molar-refractivity contribution in [2.45, 2.75) is 6.92 Å². The maximum Gasteiger partial charge on any atom is 0.152 e. The highest BCUT2D eigenvalue weighted by atomic mass is 15.3. The van der Waals surface area contributed by atoms with E-state index in [4.69, 9.17) is 5.73 Å². The highest BCUT2D eigenvalue weighted by Crippen LogP contribution is 2.20. The van der Waals surface area contributed by atoms with Gasteiger partial charge in [0.1, 0.15) is 11.5 Å². The lowest BCUT2D eigenvalue weighted by Gasteiger charge is -2.17. The standard InChI is InChI=1S/C13H18N6/c1-8(19(3)4)11-12(17-18-13(11)15-2)9-5-6-16-10(14)7-9/h5-7H,1-4H3,(H2,14,16)(H,15,18)/b11-8+. The number of nitrogen functional groups attached to an aromatic ring is 1. The number of allylic oxidation sites excluding steroid dienone is 1. The molecule has 0 unspecified atom stereocenters. The first kappa shape index (κ1) is 13.1. The van der Waals surface area contributed by atoms with E-state index in [1.165, 1.54) is 0 Å². The summed E-state index contributed by atoms with van der Waals surface area (Å²) in [4.78, 5) is 10.3. The van der Waals surface area contributed by atoms with Crippen molar-refractivity contribution >= 4 is 17.4 Å². The maximum atomic E-state index is 5.73. The Bertz CT molecular complexity index is 583.